The Morgan fingerprint density at radius 3 is 2.89 bits per heavy atom. The van der Waals surface area contributed by atoms with Crippen LogP contribution in [0.15, 0.2) is 35.2 Å². The molecule has 186 valence electrons. The minimum atomic E-state index is 0.0780. The lowest BCUT2D eigenvalue weighted by Crippen LogP contribution is -2.41. The third-order valence-corrected chi connectivity index (χ3v) is 9.18. The molecular formula is C27H32ClN3O2S2. The van der Waals surface area contributed by atoms with Gasteiger partial charge in [0, 0.05) is 29.5 Å². The predicted molar refractivity (Wildman–Crippen MR) is 148 cm³/mol. The normalized spacial score (nSPS) is 24.8. The van der Waals surface area contributed by atoms with Crippen LogP contribution in [0.1, 0.15) is 56.2 Å². The number of H-pyrrole nitrogens is 1. The van der Waals surface area contributed by atoms with Gasteiger partial charge >= 0.3 is 0 Å². The minimum Gasteiger partial charge on any atom is -0.497 e. The van der Waals surface area contributed by atoms with Gasteiger partial charge in [0.1, 0.15) is 10.1 Å². The van der Waals surface area contributed by atoms with E-state index in [2.05, 4.69) is 22.0 Å². The number of nitrogens with zero attached hydrogens (tertiary/aromatic N) is 1. The van der Waals surface area contributed by atoms with Gasteiger partial charge in [-0.25, -0.2) is 4.84 Å². The van der Waals surface area contributed by atoms with Crippen LogP contribution >= 0.6 is 35.8 Å². The van der Waals surface area contributed by atoms with E-state index >= 15 is 0 Å². The lowest BCUT2D eigenvalue weighted by atomic mass is 9.94. The highest BCUT2D eigenvalue weighted by Gasteiger charge is 2.48. The van der Waals surface area contributed by atoms with Crippen molar-refractivity contribution in [3.8, 4) is 17.0 Å². The number of carbonyl (C=O) groups excluding carboxylic acids is 1. The highest BCUT2D eigenvalue weighted by Crippen LogP contribution is 2.49. The summed E-state index contributed by atoms with van der Waals surface area (Å²) in [5.41, 5.74) is 4.29. The largest absolute Gasteiger partial charge is 0.497 e. The van der Waals surface area contributed by atoms with Crippen LogP contribution in [0.4, 0.5) is 0 Å². The molecule has 35 heavy (non-hydrogen) atoms. The van der Waals surface area contributed by atoms with E-state index in [0.29, 0.717) is 10.2 Å². The van der Waals surface area contributed by atoms with Crippen molar-refractivity contribution in [2.24, 2.45) is 11.8 Å². The molecule has 3 unspecified atom stereocenters. The molecule has 1 aliphatic heterocycles. The molecule has 3 atom stereocenters. The van der Waals surface area contributed by atoms with Crippen molar-refractivity contribution in [1.29, 1.82) is 0 Å². The molecule has 1 aromatic carbocycles. The topological polar surface area (TPSA) is 57.4 Å². The molecule has 2 saturated carbocycles. The van der Waals surface area contributed by atoms with Gasteiger partial charge in [0.25, 0.3) is 5.91 Å². The predicted octanol–water partition coefficient (Wildman–Crippen LogP) is 6.54. The average molecular weight is 530 g/mol. The molecule has 1 aromatic heterocycles. The van der Waals surface area contributed by atoms with Crippen LogP contribution in [0.3, 0.4) is 0 Å². The first-order valence-corrected chi connectivity index (χ1v) is 14.1. The quantitative estimate of drug-likeness (QED) is 0.158. The Morgan fingerprint density at radius 1 is 1.26 bits per heavy atom. The molecule has 2 aliphatic carbocycles. The molecule has 5 rings (SSSR count). The number of benzene rings is 1. The number of aryl methyl sites for hydroxylation is 1. The van der Waals surface area contributed by atoms with Crippen LogP contribution in [-0.2, 0) is 11.2 Å². The molecule has 2 N–H and O–H groups in total. The molecule has 1 amide bonds. The Labute approximate surface area is 222 Å². The molecule has 8 heteroatoms. The Balaban J connectivity index is 1.40. The van der Waals surface area contributed by atoms with Crippen molar-refractivity contribution >= 4 is 52.1 Å². The van der Waals surface area contributed by atoms with Crippen molar-refractivity contribution in [3.05, 3.63) is 46.5 Å². The zero-order chi connectivity index (χ0) is 24.4. The number of hydrogen-bond donors (Lipinski definition) is 2. The lowest BCUT2D eigenvalue weighted by molar-refractivity contribution is -0.124. The highest BCUT2D eigenvalue weighted by molar-refractivity contribution is 8.26. The summed E-state index contributed by atoms with van der Waals surface area (Å²) in [7, 11) is 1.68. The second kappa shape index (κ2) is 11.1. The SMILES string of the molecule is COc1cccc(-c2cc(CCCCCNCl)c(/C=C3\SC(=S)N(C4CC5CCC4C5)C3=O)[nH]2)c1. The maximum atomic E-state index is 13.5. The van der Waals surface area contributed by atoms with E-state index in [-0.39, 0.29) is 11.9 Å². The summed E-state index contributed by atoms with van der Waals surface area (Å²) < 4.78 is 6.14. The summed E-state index contributed by atoms with van der Waals surface area (Å²) in [4.78, 5) is 22.4. The second-order valence-electron chi connectivity index (χ2n) is 9.84. The summed E-state index contributed by atoms with van der Waals surface area (Å²) in [5, 5.41) is 0. The van der Waals surface area contributed by atoms with E-state index in [1.807, 2.05) is 29.2 Å². The summed E-state index contributed by atoms with van der Waals surface area (Å²) in [5.74, 6) is 2.29. The first-order chi connectivity index (χ1) is 17.1. The number of fused-ring (bicyclic) bond motifs is 2. The molecule has 2 bridgehead atoms. The number of methoxy groups -OCH3 is 1. The monoisotopic (exact) mass is 529 g/mol. The second-order valence-corrected chi connectivity index (χ2v) is 11.8. The average Bonchev–Trinajstić information content (AvgIpc) is 3.64. The van der Waals surface area contributed by atoms with Gasteiger partial charge in [0.15, 0.2) is 0 Å². The lowest BCUT2D eigenvalue weighted by Gasteiger charge is -2.30. The third-order valence-electron chi connectivity index (χ3n) is 7.66. The molecule has 0 radical (unpaired) electrons. The van der Waals surface area contributed by atoms with Crippen molar-refractivity contribution in [2.75, 3.05) is 13.7 Å². The number of hydrogen-bond acceptors (Lipinski definition) is 5. The molecule has 3 fully saturated rings. The number of halogens is 1. The maximum Gasteiger partial charge on any atom is 0.266 e. The minimum absolute atomic E-state index is 0.0780. The van der Waals surface area contributed by atoms with E-state index < -0.39 is 0 Å². The van der Waals surface area contributed by atoms with Gasteiger partial charge in [-0.2, -0.15) is 0 Å². The number of aromatic nitrogens is 1. The summed E-state index contributed by atoms with van der Waals surface area (Å²) in [6.45, 7) is 0.808. The molecule has 2 aromatic rings. The van der Waals surface area contributed by atoms with E-state index in [9.17, 15) is 4.79 Å². The van der Waals surface area contributed by atoms with Crippen LogP contribution in [0.2, 0.25) is 0 Å². The number of amides is 1. The Kier molecular flexibility index (Phi) is 7.87. The van der Waals surface area contributed by atoms with Crippen LogP contribution in [0.25, 0.3) is 17.3 Å². The molecule has 0 spiro atoms. The number of unbranched alkanes of at least 4 members (excludes halogenated alkanes) is 2. The Morgan fingerprint density at radius 2 is 2.14 bits per heavy atom. The molecular weight excluding hydrogens is 498 g/mol. The zero-order valence-corrected chi connectivity index (χ0v) is 22.4. The molecule has 2 heterocycles. The Bertz CT molecular complexity index is 1130. The van der Waals surface area contributed by atoms with E-state index in [0.717, 1.165) is 72.2 Å². The maximum absolute atomic E-state index is 13.5. The van der Waals surface area contributed by atoms with Crippen LogP contribution in [0.5, 0.6) is 5.75 Å². The number of ether oxygens (including phenoxy) is 1. The number of aromatic amines is 1. The Hall–Kier alpha value is -1.80. The smallest absolute Gasteiger partial charge is 0.266 e. The fourth-order valence-corrected chi connectivity index (χ4v) is 7.39. The highest BCUT2D eigenvalue weighted by atomic mass is 35.5. The number of thioether (sulfide) groups is 1. The van der Waals surface area contributed by atoms with Gasteiger partial charge in [-0.3, -0.25) is 9.69 Å². The number of carbonyl (C=O) groups is 1. The van der Waals surface area contributed by atoms with Crippen molar-refractivity contribution < 1.29 is 9.53 Å². The van der Waals surface area contributed by atoms with Crippen LogP contribution in [-0.4, -0.2) is 39.8 Å². The molecule has 3 aliphatic rings. The van der Waals surface area contributed by atoms with Gasteiger partial charge < -0.3 is 9.72 Å². The number of rotatable bonds is 10. The standard InChI is InChI=1S/C27H32ClN3O2S2/c1-33-21-8-5-7-18(14-21)22-15-19(6-3-2-4-11-29-28)23(30-22)16-25-26(32)31(27(34)35-25)24-13-17-9-10-20(24)12-17/h5,7-8,14-17,20,24,29-30H,2-4,6,9-13H2,1H3/b25-16-. The first-order valence-electron chi connectivity index (χ1n) is 12.5. The van der Waals surface area contributed by atoms with Crippen molar-refractivity contribution in [1.82, 2.24) is 14.7 Å². The molecule has 1 saturated heterocycles. The van der Waals surface area contributed by atoms with Gasteiger partial charge in [0.2, 0.25) is 0 Å². The van der Waals surface area contributed by atoms with E-state index in [1.165, 1.54) is 36.6 Å². The van der Waals surface area contributed by atoms with E-state index in [4.69, 9.17) is 28.7 Å². The van der Waals surface area contributed by atoms with Crippen molar-refractivity contribution in [3.63, 3.8) is 0 Å². The van der Waals surface area contributed by atoms with Crippen molar-refractivity contribution in [2.45, 2.75) is 57.4 Å². The fourth-order valence-electron chi connectivity index (χ4n) is 5.90. The summed E-state index contributed by atoms with van der Waals surface area (Å²) in [6.07, 6.45) is 11.0. The number of nitrogens with one attached hydrogen (secondary N) is 2. The summed E-state index contributed by atoms with van der Waals surface area (Å²) >= 11 is 12.8. The fraction of sp³-hybridized carbons (Fsp3) is 0.481. The van der Waals surface area contributed by atoms with Gasteiger partial charge in [0.05, 0.1) is 12.0 Å². The van der Waals surface area contributed by atoms with Crippen LogP contribution < -0.4 is 9.57 Å². The molecule has 5 nitrogen and oxygen atoms in total. The van der Waals surface area contributed by atoms with Crippen LogP contribution in [0, 0.1) is 11.8 Å². The third kappa shape index (κ3) is 5.33. The van der Waals surface area contributed by atoms with Gasteiger partial charge in [-0.1, -0.05) is 49.0 Å². The van der Waals surface area contributed by atoms with Gasteiger partial charge in [-0.15, -0.1) is 0 Å². The number of thiocarbonyl (C=S) groups is 1. The zero-order valence-electron chi connectivity index (χ0n) is 20.0. The summed E-state index contributed by atoms with van der Waals surface area (Å²) in [6, 6.07) is 10.5. The van der Waals surface area contributed by atoms with E-state index in [1.54, 1.807) is 7.11 Å². The van der Waals surface area contributed by atoms with Gasteiger partial charge in [-0.05, 0) is 92.0 Å². The first kappa shape index (κ1) is 24.9.